The molecule has 1 aromatic heterocycles. The Balaban J connectivity index is 1.97. The topological polar surface area (TPSA) is 24.9 Å². The largest absolute Gasteiger partial charge is 0.364 e. The zero-order chi connectivity index (χ0) is 13.7. The number of nitrogens with one attached hydrogen (secondary N) is 1. The first-order valence-corrected chi connectivity index (χ1v) is 6.87. The molecule has 100 valence electrons. The number of nitrogens with zero attached hydrogens (tertiary/aromatic N) is 1. The highest BCUT2D eigenvalue weighted by molar-refractivity contribution is 6.32. The smallest absolute Gasteiger partial charge is 0.145 e. The SMILES string of the molecule is CC(C)(CCc1ccccc1)Nc1ncccc1Cl. The van der Waals surface area contributed by atoms with Gasteiger partial charge in [0.15, 0.2) is 0 Å². The maximum Gasteiger partial charge on any atom is 0.145 e. The van der Waals surface area contributed by atoms with Gasteiger partial charge in [-0.25, -0.2) is 4.98 Å². The molecule has 0 aliphatic carbocycles. The lowest BCUT2D eigenvalue weighted by Crippen LogP contribution is -2.32. The lowest BCUT2D eigenvalue weighted by molar-refractivity contribution is 0.516. The Bertz CT molecular complexity index is 523. The molecule has 1 heterocycles. The molecule has 2 aromatic rings. The zero-order valence-corrected chi connectivity index (χ0v) is 12.1. The van der Waals surface area contributed by atoms with E-state index in [1.165, 1.54) is 5.56 Å². The van der Waals surface area contributed by atoms with E-state index in [1.807, 2.05) is 18.2 Å². The lowest BCUT2D eigenvalue weighted by Gasteiger charge is -2.27. The molecule has 1 N–H and O–H groups in total. The van der Waals surface area contributed by atoms with Crippen molar-refractivity contribution in [2.75, 3.05) is 5.32 Å². The van der Waals surface area contributed by atoms with E-state index in [-0.39, 0.29) is 5.54 Å². The van der Waals surface area contributed by atoms with Crippen molar-refractivity contribution in [3.8, 4) is 0 Å². The second-order valence-corrected chi connectivity index (χ2v) is 5.74. The van der Waals surface area contributed by atoms with Crippen LogP contribution < -0.4 is 5.32 Å². The average Bonchev–Trinajstić information content (AvgIpc) is 2.40. The molecule has 0 aliphatic heterocycles. The van der Waals surface area contributed by atoms with Crippen LogP contribution in [-0.2, 0) is 6.42 Å². The summed E-state index contributed by atoms with van der Waals surface area (Å²) in [6.07, 6.45) is 3.80. The van der Waals surface area contributed by atoms with Gasteiger partial charge < -0.3 is 5.32 Å². The summed E-state index contributed by atoms with van der Waals surface area (Å²) in [5.41, 5.74) is 1.30. The third-order valence-electron chi connectivity index (χ3n) is 3.10. The number of halogens is 1. The van der Waals surface area contributed by atoms with Gasteiger partial charge in [-0.3, -0.25) is 0 Å². The molecule has 3 heteroatoms. The number of aromatic nitrogens is 1. The van der Waals surface area contributed by atoms with Crippen molar-refractivity contribution >= 4 is 17.4 Å². The first-order valence-electron chi connectivity index (χ1n) is 6.49. The molecule has 0 saturated carbocycles. The van der Waals surface area contributed by atoms with E-state index in [9.17, 15) is 0 Å². The van der Waals surface area contributed by atoms with Gasteiger partial charge in [0, 0.05) is 11.7 Å². The predicted molar refractivity (Wildman–Crippen MR) is 81.7 cm³/mol. The first kappa shape index (κ1) is 13.9. The molecule has 19 heavy (non-hydrogen) atoms. The summed E-state index contributed by atoms with van der Waals surface area (Å²) < 4.78 is 0. The second-order valence-electron chi connectivity index (χ2n) is 5.33. The summed E-state index contributed by atoms with van der Waals surface area (Å²) in [4.78, 5) is 4.28. The van der Waals surface area contributed by atoms with Gasteiger partial charge >= 0.3 is 0 Å². The van der Waals surface area contributed by atoms with Crippen molar-refractivity contribution < 1.29 is 0 Å². The number of rotatable bonds is 5. The van der Waals surface area contributed by atoms with E-state index >= 15 is 0 Å². The Hall–Kier alpha value is -1.54. The monoisotopic (exact) mass is 274 g/mol. The van der Waals surface area contributed by atoms with E-state index in [1.54, 1.807) is 6.20 Å². The van der Waals surface area contributed by atoms with Gasteiger partial charge in [-0.15, -0.1) is 0 Å². The number of pyridine rings is 1. The standard InChI is InChI=1S/C16H19ClN2/c1-16(2,11-10-13-7-4-3-5-8-13)19-15-14(17)9-6-12-18-15/h3-9,12H,10-11H2,1-2H3,(H,18,19). The van der Waals surface area contributed by atoms with Crippen LogP contribution in [0.25, 0.3) is 0 Å². The molecule has 0 fully saturated rings. The predicted octanol–water partition coefficient (Wildman–Crippen LogP) is 4.56. The van der Waals surface area contributed by atoms with Crippen molar-refractivity contribution in [1.82, 2.24) is 4.98 Å². The number of hydrogen-bond acceptors (Lipinski definition) is 2. The van der Waals surface area contributed by atoms with E-state index in [0.717, 1.165) is 18.7 Å². The van der Waals surface area contributed by atoms with Gasteiger partial charge in [-0.2, -0.15) is 0 Å². The fourth-order valence-electron chi connectivity index (χ4n) is 1.96. The summed E-state index contributed by atoms with van der Waals surface area (Å²) in [5.74, 6) is 0.752. The average molecular weight is 275 g/mol. The Morgan fingerprint density at radius 2 is 1.84 bits per heavy atom. The molecule has 0 bridgehead atoms. The molecule has 2 nitrogen and oxygen atoms in total. The number of anilines is 1. The van der Waals surface area contributed by atoms with Crippen LogP contribution >= 0.6 is 11.6 Å². The molecular weight excluding hydrogens is 256 g/mol. The molecule has 0 radical (unpaired) electrons. The Morgan fingerprint density at radius 3 is 2.53 bits per heavy atom. The summed E-state index contributed by atoms with van der Waals surface area (Å²) in [7, 11) is 0. The van der Waals surface area contributed by atoms with E-state index in [4.69, 9.17) is 11.6 Å². The van der Waals surface area contributed by atoms with Crippen LogP contribution in [0, 0.1) is 0 Å². The summed E-state index contributed by atoms with van der Waals surface area (Å²) in [5, 5.41) is 4.08. The van der Waals surface area contributed by atoms with Gasteiger partial charge in [-0.05, 0) is 44.4 Å². The van der Waals surface area contributed by atoms with E-state index in [0.29, 0.717) is 5.02 Å². The molecule has 1 aromatic carbocycles. The number of benzene rings is 1. The minimum atomic E-state index is -0.0478. The third-order valence-corrected chi connectivity index (χ3v) is 3.40. The van der Waals surface area contributed by atoms with Crippen molar-refractivity contribution in [2.24, 2.45) is 0 Å². The maximum atomic E-state index is 6.12. The van der Waals surface area contributed by atoms with Gasteiger partial charge in [0.05, 0.1) is 5.02 Å². The fraction of sp³-hybridized carbons (Fsp3) is 0.312. The van der Waals surface area contributed by atoms with Gasteiger partial charge in [-0.1, -0.05) is 41.9 Å². The van der Waals surface area contributed by atoms with Gasteiger partial charge in [0.1, 0.15) is 5.82 Å². The normalized spacial score (nSPS) is 11.3. The van der Waals surface area contributed by atoms with Crippen LogP contribution in [0.5, 0.6) is 0 Å². The Kier molecular flexibility index (Phi) is 4.43. The lowest BCUT2D eigenvalue weighted by atomic mass is 9.95. The summed E-state index contributed by atoms with van der Waals surface area (Å²) in [6.45, 7) is 4.34. The maximum absolute atomic E-state index is 6.12. The van der Waals surface area contributed by atoms with Crippen LogP contribution in [0.1, 0.15) is 25.8 Å². The molecule has 0 saturated heterocycles. The number of aryl methyl sites for hydroxylation is 1. The van der Waals surface area contributed by atoms with Gasteiger partial charge in [0.2, 0.25) is 0 Å². The van der Waals surface area contributed by atoms with E-state index < -0.39 is 0 Å². The quantitative estimate of drug-likeness (QED) is 0.865. The molecule has 2 rings (SSSR count). The van der Waals surface area contributed by atoms with Crippen molar-refractivity contribution in [3.05, 3.63) is 59.2 Å². The van der Waals surface area contributed by atoms with E-state index in [2.05, 4.69) is 48.4 Å². The molecular formula is C16H19ClN2. The van der Waals surface area contributed by atoms with Crippen molar-refractivity contribution in [2.45, 2.75) is 32.2 Å². The Morgan fingerprint density at radius 1 is 1.11 bits per heavy atom. The molecule has 0 atom stereocenters. The van der Waals surface area contributed by atoms with Crippen LogP contribution in [0.4, 0.5) is 5.82 Å². The minimum absolute atomic E-state index is 0.0478. The second kappa shape index (κ2) is 6.07. The molecule has 0 aliphatic rings. The highest BCUT2D eigenvalue weighted by Crippen LogP contribution is 2.24. The van der Waals surface area contributed by atoms with Crippen LogP contribution in [0.2, 0.25) is 5.02 Å². The first-order chi connectivity index (χ1) is 9.07. The Labute approximate surface area is 119 Å². The minimum Gasteiger partial charge on any atom is -0.364 e. The van der Waals surface area contributed by atoms with Crippen molar-refractivity contribution in [3.63, 3.8) is 0 Å². The van der Waals surface area contributed by atoms with Gasteiger partial charge in [0.25, 0.3) is 0 Å². The molecule has 0 unspecified atom stereocenters. The highest BCUT2D eigenvalue weighted by Gasteiger charge is 2.18. The van der Waals surface area contributed by atoms with Crippen LogP contribution in [0.15, 0.2) is 48.7 Å². The summed E-state index contributed by atoms with van der Waals surface area (Å²) >= 11 is 6.12. The third kappa shape index (κ3) is 4.25. The fourth-order valence-corrected chi connectivity index (χ4v) is 2.13. The van der Waals surface area contributed by atoms with Crippen LogP contribution in [0.3, 0.4) is 0 Å². The highest BCUT2D eigenvalue weighted by atomic mass is 35.5. The number of hydrogen-bond donors (Lipinski definition) is 1. The van der Waals surface area contributed by atoms with Crippen LogP contribution in [-0.4, -0.2) is 10.5 Å². The zero-order valence-electron chi connectivity index (χ0n) is 11.4. The summed E-state index contributed by atoms with van der Waals surface area (Å²) in [6, 6.07) is 14.2. The molecule has 0 amide bonds. The molecule has 0 spiro atoms. The van der Waals surface area contributed by atoms with Crippen molar-refractivity contribution in [1.29, 1.82) is 0 Å².